The molecule has 7 rings (SSSR count). The molecule has 6 aromatic rings. The Morgan fingerprint density at radius 3 is 2.14 bits per heavy atom. The molecule has 3 aromatic heterocycles. The number of pyridine rings is 1. The Hall–Kier alpha value is -4.68. The Morgan fingerprint density at radius 1 is 0.778 bits per heavy atom. The molecule has 0 N–H and O–H groups in total. The Balaban J connectivity index is 1.40. The monoisotopic (exact) mass is 483 g/mol. The number of aromatic nitrogens is 3. The van der Waals surface area contributed by atoms with Gasteiger partial charge in [-0.1, -0.05) is 54.6 Å². The van der Waals surface area contributed by atoms with Crippen molar-refractivity contribution < 1.29 is 9.59 Å². The lowest BCUT2D eigenvalue weighted by molar-refractivity contribution is 0.0990. The van der Waals surface area contributed by atoms with Gasteiger partial charge in [-0.3, -0.25) is 19.1 Å². The maximum atomic E-state index is 13.4. The summed E-state index contributed by atoms with van der Waals surface area (Å²) in [4.78, 5) is 35.9. The second-order valence-corrected chi connectivity index (χ2v) is 9.68. The third kappa shape index (κ3) is 3.16. The van der Waals surface area contributed by atoms with E-state index in [0.717, 1.165) is 37.4 Å². The SMILES string of the molecule is O=C1C(=Cc2cc3sc(-c4ccccc4)nc3n2-c2cccnc2)C(=O)c2cc3ccccc3cc21. The maximum Gasteiger partial charge on any atom is 0.197 e. The Kier molecular flexibility index (Phi) is 4.56. The van der Waals surface area contributed by atoms with Gasteiger partial charge in [0.15, 0.2) is 17.2 Å². The fourth-order valence-corrected chi connectivity index (χ4v) is 5.76. The van der Waals surface area contributed by atoms with Crippen LogP contribution in [0.25, 0.3) is 43.5 Å². The van der Waals surface area contributed by atoms with Crippen molar-refractivity contribution in [2.45, 2.75) is 0 Å². The lowest BCUT2D eigenvalue weighted by Gasteiger charge is -2.07. The van der Waals surface area contributed by atoms with E-state index < -0.39 is 0 Å². The molecule has 0 saturated heterocycles. The predicted molar refractivity (Wildman–Crippen MR) is 143 cm³/mol. The van der Waals surface area contributed by atoms with Gasteiger partial charge in [0, 0.05) is 22.9 Å². The van der Waals surface area contributed by atoms with Gasteiger partial charge in [-0.2, -0.15) is 0 Å². The van der Waals surface area contributed by atoms with Crippen molar-refractivity contribution in [2.75, 3.05) is 0 Å². The Labute approximate surface area is 210 Å². The van der Waals surface area contributed by atoms with Crippen molar-refractivity contribution in [1.82, 2.24) is 14.5 Å². The van der Waals surface area contributed by atoms with Gasteiger partial charge in [-0.25, -0.2) is 4.98 Å². The van der Waals surface area contributed by atoms with Gasteiger partial charge in [0.25, 0.3) is 0 Å². The second kappa shape index (κ2) is 7.93. The molecule has 0 spiro atoms. The molecule has 36 heavy (non-hydrogen) atoms. The number of hydrogen-bond acceptors (Lipinski definition) is 5. The molecule has 0 aliphatic heterocycles. The van der Waals surface area contributed by atoms with Crippen LogP contribution in [-0.4, -0.2) is 26.1 Å². The molecule has 0 unspecified atom stereocenters. The maximum absolute atomic E-state index is 13.4. The minimum atomic E-state index is -0.249. The van der Waals surface area contributed by atoms with Crippen LogP contribution in [0.4, 0.5) is 0 Å². The topological polar surface area (TPSA) is 64.8 Å². The van der Waals surface area contributed by atoms with E-state index in [1.54, 1.807) is 29.8 Å². The number of allylic oxidation sites excluding steroid dienone is 1. The van der Waals surface area contributed by atoms with Crippen LogP contribution in [0, 0.1) is 0 Å². The highest BCUT2D eigenvalue weighted by Gasteiger charge is 2.34. The van der Waals surface area contributed by atoms with Crippen molar-refractivity contribution >= 4 is 50.1 Å². The average molecular weight is 484 g/mol. The fourth-order valence-electron chi connectivity index (χ4n) is 4.76. The highest BCUT2D eigenvalue weighted by Crippen LogP contribution is 2.36. The first kappa shape index (κ1) is 20.7. The quantitative estimate of drug-likeness (QED) is 0.206. The zero-order chi connectivity index (χ0) is 24.2. The molecule has 1 aliphatic carbocycles. The van der Waals surface area contributed by atoms with Crippen LogP contribution < -0.4 is 0 Å². The van der Waals surface area contributed by atoms with Crippen LogP contribution in [0.2, 0.25) is 0 Å². The molecule has 0 bridgehead atoms. The molecule has 3 heterocycles. The van der Waals surface area contributed by atoms with Gasteiger partial charge in [0.05, 0.1) is 27.9 Å². The second-order valence-electron chi connectivity index (χ2n) is 8.65. The first-order valence-corrected chi connectivity index (χ1v) is 12.3. The molecule has 3 aromatic carbocycles. The van der Waals surface area contributed by atoms with Crippen LogP contribution in [-0.2, 0) is 0 Å². The number of fused-ring (bicyclic) bond motifs is 3. The van der Waals surface area contributed by atoms with Gasteiger partial charge in [0.1, 0.15) is 5.01 Å². The summed E-state index contributed by atoms with van der Waals surface area (Å²) in [5, 5.41) is 2.79. The van der Waals surface area contributed by atoms with Crippen LogP contribution in [0.5, 0.6) is 0 Å². The molecule has 0 amide bonds. The predicted octanol–water partition coefficient (Wildman–Crippen LogP) is 6.76. The summed E-state index contributed by atoms with van der Waals surface area (Å²) in [6, 6.07) is 27.2. The average Bonchev–Trinajstić information content (AvgIpc) is 3.55. The van der Waals surface area contributed by atoms with E-state index in [1.165, 1.54) is 0 Å². The Bertz CT molecular complexity index is 1810. The van der Waals surface area contributed by atoms with E-state index in [-0.39, 0.29) is 17.1 Å². The lowest BCUT2D eigenvalue weighted by atomic mass is 10.0. The number of carbonyl (C=O) groups is 2. The number of hydrogen-bond donors (Lipinski definition) is 0. The molecule has 1 aliphatic rings. The number of carbonyl (C=O) groups excluding carboxylic acids is 2. The summed E-state index contributed by atoms with van der Waals surface area (Å²) in [6.45, 7) is 0. The Morgan fingerprint density at radius 2 is 1.47 bits per heavy atom. The van der Waals surface area contributed by atoms with Crippen molar-refractivity contribution in [3.63, 3.8) is 0 Å². The number of thiazole rings is 1. The lowest BCUT2D eigenvalue weighted by Crippen LogP contribution is -2.03. The van der Waals surface area contributed by atoms with E-state index in [2.05, 4.69) is 4.98 Å². The van der Waals surface area contributed by atoms with Gasteiger partial charge >= 0.3 is 0 Å². The third-order valence-corrected chi connectivity index (χ3v) is 7.51. The molecule has 0 radical (unpaired) electrons. The van der Waals surface area contributed by atoms with Gasteiger partial charge < -0.3 is 0 Å². The molecule has 170 valence electrons. The van der Waals surface area contributed by atoms with E-state index in [4.69, 9.17) is 4.98 Å². The standard InChI is InChI=1S/C30H17N3O2S/c34-27-23-13-19-9-4-5-10-20(19)14-24(23)28(35)25(27)15-22-16-26-29(33(22)21-11-6-12-31-17-21)32-30(36-26)18-7-2-1-3-8-18/h1-17H. The van der Waals surface area contributed by atoms with Crippen LogP contribution in [0.3, 0.4) is 0 Å². The molecule has 5 nitrogen and oxygen atoms in total. The number of nitrogens with zero attached hydrogens (tertiary/aromatic N) is 3. The highest BCUT2D eigenvalue weighted by atomic mass is 32.1. The van der Waals surface area contributed by atoms with E-state index in [9.17, 15) is 9.59 Å². The summed E-state index contributed by atoms with van der Waals surface area (Å²) in [6.07, 6.45) is 5.16. The van der Waals surface area contributed by atoms with E-state index in [1.807, 2.05) is 89.5 Å². The van der Waals surface area contributed by atoms with Crippen molar-refractivity contribution in [2.24, 2.45) is 0 Å². The van der Waals surface area contributed by atoms with E-state index >= 15 is 0 Å². The normalized spacial score (nSPS) is 13.1. The largest absolute Gasteiger partial charge is 0.292 e. The third-order valence-electron chi connectivity index (χ3n) is 6.46. The van der Waals surface area contributed by atoms with Crippen molar-refractivity contribution in [3.8, 4) is 16.3 Å². The summed E-state index contributed by atoms with van der Waals surface area (Å²) in [7, 11) is 0. The van der Waals surface area contributed by atoms with Crippen molar-refractivity contribution in [1.29, 1.82) is 0 Å². The van der Waals surface area contributed by atoms with Crippen LogP contribution >= 0.6 is 11.3 Å². The smallest absolute Gasteiger partial charge is 0.197 e. The summed E-state index contributed by atoms with van der Waals surface area (Å²) >= 11 is 1.58. The van der Waals surface area contributed by atoms with Gasteiger partial charge in [-0.15, -0.1) is 11.3 Å². The number of ketones is 2. The number of benzene rings is 3. The highest BCUT2D eigenvalue weighted by molar-refractivity contribution is 7.21. The zero-order valence-corrected chi connectivity index (χ0v) is 19.7. The molecule has 0 atom stereocenters. The molecule has 6 heteroatoms. The van der Waals surface area contributed by atoms with Crippen molar-refractivity contribution in [3.05, 3.63) is 120 Å². The fraction of sp³-hybridized carbons (Fsp3) is 0. The molecule has 0 saturated carbocycles. The van der Waals surface area contributed by atoms with Gasteiger partial charge in [0.2, 0.25) is 0 Å². The molecule has 0 fully saturated rings. The number of Topliss-reactive ketones (excluding diaryl/α,β-unsaturated/α-hetero) is 2. The first-order chi connectivity index (χ1) is 17.7. The molecular weight excluding hydrogens is 466 g/mol. The zero-order valence-electron chi connectivity index (χ0n) is 18.9. The summed E-state index contributed by atoms with van der Waals surface area (Å²) < 4.78 is 2.92. The summed E-state index contributed by atoms with van der Waals surface area (Å²) in [5.74, 6) is -0.498. The van der Waals surface area contributed by atoms with Gasteiger partial charge in [-0.05, 0) is 47.2 Å². The minimum absolute atomic E-state index is 0.166. The van der Waals surface area contributed by atoms with Crippen LogP contribution in [0.15, 0.2) is 103 Å². The minimum Gasteiger partial charge on any atom is -0.292 e. The van der Waals surface area contributed by atoms with E-state index in [0.29, 0.717) is 16.8 Å². The van der Waals surface area contributed by atoms with Crippen LogP contribution in [0.1, 0.15) is 26.4 Å². The number of rotatable bonds is 3. The summed E-state index contributed by atoms with van der Waals surface area (Å²) in [5.41, 5.74) is 4.40. The first-order valence-electron chi connectivity index (χ1n) is 11.5. The molecular formula is C30H17N3O2S.